The number of alkyl halides is 3. The molecule has 4 rings (SSSR count). The van der Waals surface area contributed by atoms with Crippen molar-refractivity contribution in [2.75, 3.05) is 5.73 Å². The first-order valence-electron chi connectivity index (χ1n) is 10.4. The number of rotatable bonds is 5. The van der Waals surface area contributed by atoms with Crippen molar-refractivity contribution >= 4 is 11.6 Å². The Morgan fingerprint density at radius 3 is 2.57 bits per heavy atom. The summed E-state index contributed by atoms with van der Waals surface area (Å²) >= 11 is 0. The van der Waals surface area contributed by atoms with Gasteiger partial charge in [-0.3, -0.25) is 9.59 Å². The maximum absolute atomic E-state index is 13.1. The summed E-state index contributed by atoms with van der Waals surface area (Å²) in [6, 6.07) is 11.5. The fourth-order valence-electron chi connectivity index (χ4n) is 3.50. The third kappa shape index (κ3) is 5.05. The molecule has 2 aromatic heterocycles. The fraction of sp³-hybridized carbons (Fsp3) is 0.174. The predicted molar refractivity (Wildman–Crippen MR) is 122 cm³/mol. The number of carbonyl (C=O) groups is 1. The molecular weight excluding hydrogens is 463 g/mol. The molecular formula is C23H20F3N7O2. The lowest BCUT2D eigenvalue weighted by atomic mass is 10.0. The van der Waals surface area contributed by atoms with Gasteiger partial charge in [-0.05, 0) is 48.9 Å². The fourth-order valence-corrected chi connectivity index (χ4v) is 3.50. The van der Waals surface area contributed by atoms with Crippen LogP contribution in [0.2, 0.25) is 0 Å². The van der Waals surface area contributed by atoms with E-state index >= 15 is 0 Å². The van der Waals surface area contributed by atoms with Crippen LogP contribution in [0.5, 0.6) is 0 Å². The molecule has 180 valence electrons. The molecule has 1 amide bonds. The van der Waals surface area contributed by atoms with Crippen molar-refractivity contribution in [1.29, 1.82) is 0 Å². The number of hydrogen-bond acceptors (Lipinski definition) is 6. The van der Waals surface area contributed by atoms with Gasteiger partial charge in [0.15, 0.2) is 5.82 Å². The Hall–Kier alpha value is -4.48. The molecule has 12 heteroatoms. The van der Waals surface area contributed by atoms with Crippen molar-refractivity contribution in [2.45, 2.75) is 19.1 Å². The Kier molecular flexibility index (Phi) is 6.12. The number of nitrogens with zero attached hydrogens (tertiary/aromatic N) is 5. The van der Waals surface area contributed by atoms with Crippen LogP contribution in [-0.2, 0) is 13.2 Å². The lowest BCUT2D eigenvalue weighted by molar-refractivity contribution is -0.137. The molecule has 0 radical (unpaired) electrons. The van der Waals surface area contributed by atoms with E-state index in [4.69, 9.17) is 5.73 Å². The molecule has 0 unspecified atom stereocenters. The minimum Gasteiger partial charge on any atom is -0.399 e. The largest absolute Gasteiger partial charge is 0.416 e. The van der Waals surface area contributed by atoms with Crippen LogP contribution in [-0.4, -0.2) is 30.5 Å². The quantitative estimate of drug-likeness (QED) is 0.421. The molecule has 35 heavy (non-hydrogen) atoms. The molecule has 2 heterocycles. The summed E-state index contributed by atoms with van der Waals surface area (Å²) in [5.74, 6) is -0.102. The summed E-state index contributed by atoms with van der Waals surface area (Å²) in [7, 11) is 1.73. The molecule has 0 aliphatic heterocycles. The number of nitrogens with one attached hydrogen (secondary N) is 1. The van der Waals surface area contributed by atoms with E-state index in [0.717, 1.165) is 16.8 Å². The number of carbonyl (C=O) groups excluding carboxylic acids is 1. The Bertz CT molecular complexity index is 1460. The Labute approximate surface area is 197 Å². The summed E-state index contributed by atoms with van der Waals surface area (Å²) in [6.07, 6.45) is -3.18. The molecule has 0 saturated heterocycles. The third-order valence-corrected chi connectivity index (χ3v) is 5.25. The summed E-state index contributed by atoms with van der Waals surface area (Å²) in [4.78, 5) is 29.5. The van der Waals surface area contributed by atoms with E-state index in [1.807, 2.05) is 0 Å². The van der Waals surface area contributed by atoms with Gasteiger partial charge >= 0.3 is 6.18 Å². The number of aryl methyl sites for hydroxylation is 1. The SMILES string of the molecule is C[C@@H](NC(=O)c1ccc(=O)n(-c2cccc(-c3ncnn3C)c2)n1)c1cc(N)cc(C(F)(F)F)c1. The average molecular weight is 483 g/mol. The van der Waals surface area contributed by atoms with Crippen LogP contribution >= 0.6 is 0 Å². The first-order chi connectivity index (χ1) is 16.5. The Balaban J connectivity index is 1.61. The van der Waals surface area contributed by atoms with Gasteiger partial charge in [-0.1, -0.05) is 12.1 Å². The van der Waals surface area contributed by atoms with Crippen LogP contribution in [0.3, 0.4) is 0 Å². The number of aromatic nitrogens is 5. The Morgan fingerprint density at radius 1 is 1.11 bits per heavy atom. The third-order valence-electron chi connectivity index (χ3n) is 5.25. The van der Waals surface area contributed by atoms with Crippen LogP contribution < -0.4 is 16.6 Å². The molecule has 0 bridgehead atoms. The van der Waals surface area contributed by atoms with Gasteiger partial charge in [-0.15, -0.1) is 0 Å². The van der Waals surface area contributed by atoms with Crippen molar-refractivity contribution in [3.63, 3.8) is 0 Å². The summed E-state index contributed by atoms with van der Waals surface area (Å²) in [5.41, 5.74) is 5.31. The van der Waals surface area contributed by atoms with Crippen LogP contribution in [0.4, 0.5) is 18.9 Å². The van der Waals surface area contributed by atoms with Gasteiger partial charge in [0.1, 0.15) is 12.0 Å². The monoisotopic (exact) mass is 483 g/mol. The van der Waals surface area contributed by atoms with Gasteiger partial charge in [0.05, 0.1) is 17.3 Å². The lowest BCUT2D eigenvalue weighted by Gasteiger charge is -2.17. The van der Waals surface area contributed by atoms with Gasteiger partial charge in [0, 0.05) is 24.4 Å². The van der Waals surface area contributed by atoms with E-state index in [9.17, 15) is 22.8 Å². The zero-order valence-electron chi connectivity index (χ0n) is 18.6. The molecule has 0 aliphatic rings. The van der Waals surface area contributed by atoms with E-state index in [1.54, 1.807) is 36.0 Å². The van der Waals surface area contributed by atoms with Gasteiger partial charge in [0.2, 0.25) is 0 Å². The number of halogens is 3. The van der Waals surface area contributed by atoms with Crippen LogP contribution in [0.25, 0.3) is 17.1 Å². The zero-order chi connectivity index (χ0) is 25.3. The predicted octanol–water partition coefficient (Wildman–Crippen LogP) is 3.12. The van der Waals surface area contributed by atoms with Crippen molar-refractivity contribution in [2.24, 2.45) is 7.05 Å². The van der Waals surface area contributed by atoms with Gasteiger partial charge in [-0.25, -0.2) is 9.67 Å². The molecule has 1 atom stereocenters. The molecule has 3 N–H and O–H groups in total. The van der Waals surface area contributed by atoms with Crippen LogP contribution in [0.1, 0.15) is 34.6 Å². The number of nitrogens with two attached hydrogens (primary N) is 1. The smallest absolute Gasteiger partial charge is 0.399 e. The van der Waals surface area contributed by atoms with Crippen molar-refractivity contribution in [1.82, 2.24) is 29.9 Å². The second-order valence-corrected chi connectivity index (χ2v) is 7.81. The Morgan fingerprint density at radius 2 is 1.89 bits per heavy atom. The number of amides is 1. The normalized spacial score (nSPS) is 12.4. The maximum atomic E-state index is 13.1. The molecule has 2 aromatic carbocycles. The van der Waals surface area contributed by atoms with Crippen molar-refractivity contribution < 1.29 is 18.0 Å². The van der Waals surface area contributed by atoms with Crippen LogP contribution in [0.15, 0.2) is 65.7 Å². The second kappa shape index (κ2) is 9.05. The van der Waals surface area contributed by atoms with Crippen LogP contribution in [0, 0.1) is 0 Å². The molecule has 4 aromatic rings. The van der Waals surface area contributed by atoms with E-state index in [0.29, 0.717) is 17.1 Å². The zero-order valence-corrected chi connectivity index (χ0v) is 18.6. The summed E-state index contributed by atoms with van der Waals surface area (Å²) in [6.45, 7) is 1.52. The van der Waals surface area contributed by atoms with Crippen molar-refractivity contribution in [3.05, 3.63) is 88.1 Å². The second-order valence-electron chi connectivity index (χ2n) is 7.81. The lowest BCUT2D eigenvalue weighted by Crippen LogP contribution is -2.30. The van der Waals surface area contributed by atoms with E-state index in [-0.39, 0.29) is 16.9 Å². The standard InChI is InChI=1S/C23H20F3N7O2/c1-13(15-8-16(23(24,25)26)11-17(27)9-15)30-22(35)19-6-7-20(34)33(31-19)18-5-3-4-14(10-18)21-28-12-29-32(21)2/h3-13H,27H2,1-2H3,(H,30,35)/t13-/m1/s1. The highest BCUT2D eigenvalue weighted by molar-refractivity contribution is 5.92. The highest BCUT2D eigenvalue weighted by atomic mass is 19.4. The van der Waals surface area contributed by atoms with Gasteiger partial charge in [0.25, 0.3) is 11.5 Å². The molecule has 0 fully saturated rings. The van der Waals surface area contributed by atoms with Gasteiger partial charge < -0.3 is 11.1 Å². The molecule has 0 saturated carbocycles. The number of benzene rings is 2. The average Bonchev–Trinajstić information content (AvgIpc) is 3.24. The topological polar surface area (TPSA) is 121 Å². The number of nitrogen functional groups attached to an aromatic ring is 1. The summed E-state index contributed by atoms with van der Waals surface area (Å²) < 4.78 is 42.0. The highest BCUT2D eigenvalue weighted by Gasteiger charge is 2.31. The van der Waals surface area contributed by atoms with Crippen molar-refractivity contribution in [3.8, 4) is 17.1 Å². The molecule has 9 nitrogen and oxygen atoms in total. The molecule has 0 spiro atoms. The van der Waals surface area contributed by atoms with E-state index < -0.39 is 29.2 Å². The van der Waals surface area contributed by atoms with E-state index in [2.05, 4.69) is 20.5 Å². The number of anilines is 1. The van der Waals surface area contributed by atoms with Gasteiger partial charge in [-0.2, -0.15) is 28.1 Å². The first kappa shape index (κ1) is 23.7. The molecule has 0 aliphatic carbocycles. The minimum absolute atomic E-state index is 0.0783. The minimum atomic E-state index is -4.58. The maximum Gasteiger partial charge on any atom is 0.416 e. The highest BCUT2D eigenvalue weighted by Crippen LogP contribution is 2.32. The first-order valence-corrected chi connectivity index (χ1v) is 10.4. The summed E-state index contributed by atoms with van der Waals surface area (Å²) in [5, 5.41) is 10.8. The number of hydrogen-bond donors (Lipinski definition) is 2. The van der Waals surface area contributed by atoms with E-state index in [1.165, 1.54) is 31.5 Å².